The number of carbonyl (C=O) groups excluding carboxylic acids is 2. The van der Waals surface area contributed by atoms with E-state index >= 15 is 0 Å². The largest absolute Gasteiger partial charge is 0.300 e. The Kier molecular flexibility index (Phi) is 5.80. The highest BCUT2D eigenvalue weighted by Crippen LogP contribution is 2.24. The van der Waals surface area contributed by atoms with Crippen LogP contribution in [0.25, 0.3) is 0 Å². The lowest BCUT2D eigenvalue weighted by molar-refractivity contribution is -0.119. The molecule has 0 saturated heterocycles. The fourth-order valence-electron chi connectivity index (χ4n) is 3.59. The van der Waals surface area contributed by atoms with Crippen molar-refractivity contribution in [1.29, 1.82) is 0 Å². The standard InChI is InChI=1S/C23H26O2/c1-17(18-6-3-2-4-7-18)10-15-23(25)21-12-11-19-13-14-22(24)9-5-8-20(19)16-21/h2-4,6-7,11-12,16-17H,5,8-10,13-15H2,1H3/t17-/m0/s1. The maximum Gasteiger partial charge on any atom is 0.162 e. The molecule has 3 rings (SSSR count). The average Bonchev–Trinajstić information content (AvgIpc) is 2.63. The number of aryl methyl sites for hydroxylation is 2. The van der Waals surface area contributed by atoms with Gasteiger partial charge in [0.25, 0.3) is 0 Å². The third kappa shape index (κ3) is 4.66. The van der Waals surface area contributed by atoms with E-state index in [4.69, 9.17) is 0 Å². The first kappa shape index (κ1) is 17.6. The van der Waals surface area contributed by atoms with E-state index in [9.17, 15) is 9.59 Å². The number of rotatable bonds is 5. The highest BCUT2D eigenvalue weighted by molar-refractivity contribution is 5.96. The Morgan fingerprint density at radius 1 is 0.960 bits per heavy atom. The quantitative estimate of drug-likeness (QED) is 0.696. The van der Waals surface area contributed by atoms with Gasteiger partial charge in [0.1, 0.15) is 5.78 Å². The number of fused-ring (bicyclic) bond motifs is 1. The molecule has 0 saturated carbocycles. The number of Topliss-reactive ketones (excluding diaryl/α,β-unsaturated/α-hetero) is 2. The Balaban J connectivity index is 1.64. The number of hydrogen-bond acceptors (Lipinski definition) is 2. The van der Waals surface area contributed by atoms with Crippen molar-refractivity contribution in [2.24, 2.45) is 0 Å². The summed E-state index contributed by atoms with van der Waals surface area (Å²) < 4.78 is 0. The van der Waals surface area contributed by atoms with Gasteiger partial charge in [0.2, 0.25) is 0 Å². The van der Waals surface area contributed by atoms with E-state index in [1.165, 1.54) is 16.7 Å². The summed E-state index contributed by atoms with van der Waals surface area (Å²) in [6.45, 7) is 2.18. The summed E-state index contributed by atoms with van der Waals surface area (Å²) in [5, 5.41) is 0. The molecule has 130 valence electrons. The molecule has 25 heavy (non-hydrogen) atoms. The summed E-state index contributed by atoms with van der Waals surface area (Å²) >= 11 is 0. The Morgan fingerprint density at radius 3 is 2.56 bits per heavy atom. The lowest BCUT2D eigenvalue weighted by atomic mass is 9.89. The number of carbonyl (C=O) groups is 2. The van der Waals surface area contributed by atoms with Gasteiger partial charge in [0.15, 0.2) is 5.78 Å². The molecule has 0 heterocycles. The summed E-state index contributed by atoms with van der Waals surface area (Å²) in [6, 6.07) is 16.4. The highest BCUT2D eigenvalue weighted by Gasteiger charge is 2.15. The molecule has 0 N–H and O–H groups in total. The smallest absolute Gasteiger partial charge is 0.162 e. The van der Waals surface area contributed by atoms with E-state index < -0.39 is 0 Å². The van der Waals surface area contributed by atoms with Crippen molar-refractivity contribution in [2.75, 3.05) is 0 Å². The molecule has 0 unspecified atom stereocenters. The van der Waals surface area contributed by atoms with E-state index in [0.29, 0.717) is 31.0 Å². The Hall–Kier alpha value is -2.22. The average molecular weight is 334 g/mol. The fourth-order valence-corrected chi connectivity index (χ4v) is 3.59. The minimum atomic E-state index is 0.226. The first-order valence-electron chi connectivity index (χ1n) is 9.35. The lowest BCUT2D eigenvalue weighted by Crippen LogP contribution is -2.09. The lowest BCUT2D eigenvalue weighted by Gasteiger charge is -2.15. The molecule has 2 heteroatoms. The second kappa shape index (κ2) is 8.24. The number of benzene rings is 2. The predicted octanol–water partition coefficient (Wildman–Crippen LogP) is 5.29. The second-order valence-corrected chi connectivity index (χ2v) is 7.15. The zero-order valence-electron chi connectivity index (χ0n) is 15.0. The molecule has 1 atom stereocenters. The fraction of sp³-hybridized carbons (Fsp3) is 0.391. The van der Waals surface area contributed by atoms with Gasteiger partial charge in [-0.05, 0) is 54.4 Å². The molecule has 0 fully saturated rings. The molecule has 1 aliphatic rings. The topological polar surface area (TPSA) is 34.1 Å². The zero-order valence-corrected chi connectivity index (χ0v) is 15.0. The van der Waals surface area contributed by atoms with Gasteiger partial charge in [-0.3, -0.25) is 9.59 Å². The molecule has 0 amide bonds. The van der Waals surface area contributed by atoms with Crippen LogP contribution in [0.2, 0.25) is 0 Å². The van der Waals surface area contributed by atoms with Crippen molar-refractivity contribution < 1.29 is 9.59 Å². The van der Waals surface area contributed by atoms with Crippen LogP contribution in [0.4, 0.5) is 0 Å². The first-order chi connectivity index (χ1) is 12.1. The van der Waals surface area contributed by atoms with E-state index in [1.54, 1.807) is 0 Å². The van der Waals surface area contributed by atoms with Gasteiger partial charge in [-0.2, -0.15) is 0 Å². The van der Waals surface area contributed by atoms with Gasteiger partial charge in [0, 0.05) is 24.8 Å². The molecule has 0 aromatic heterocycles. The molecule has 1 aliphatic carbocycles. The number of hydrogen-bond donors (Lipinski definition) is 0. The molecule has 0 aliphatic heterocycles. The van der Waals surface area contributed by atoms with Crippen molar-refractivity contribution in [3.05, 3.63) is 70.8 Å². The van der Waals surface area contributed by atoms with Crippen LogP contribution >= 0.6 is 0 Å². The van der Waals surface area contributed by atoms with Gasteiger partial charge in [-0.15, -0.1) is 0 Å². The van der Waals surface area contributed by atoms with Gasteiger partial charge in [-0.25, -0.2) is 0 Å². The first-order valence-corrected chi connectivity index (χ1v) is 9.35. The number of ketones is 2. The molecule has 2 nitrogen and oxygen atoms in total. The molecular weight excluding hydrogens is 308 g/mol. The van der Waals surface area contributed by atoms with Gasteiger partial charge in [0.05, 0.1) is 0 Å². The summed E-state index contributed by atoms with van der Waals surface area (Å²) in [6.07, 6.45) is 5.37. The van der Waals surface area contributed by atoms with E-state index in [2.05, 4.69) is 31.2 Å². The van der Waals surface area contributed by atoms with Crippen molar-refractivity contribution in [3.63, 3.8) is 0 Å². The summed E-state index contributed by atoms with van der Waals surface area (Å²) in [4.78, 5) is 24.3. The molecule has 0 bridgehead atoms. The van der Waals surface area contributed by atoms with Crippen molar-refractivity contribution in [3.8, 4) is 0 Å². The van der Waals surface area contributed by atoms with Crippen LogP contribution in [0, 0.1) is 0 Å². The predicted molar refractivity (Wildman–Crippen MR) is 101 cm³/mol. The van der Waals surface area contributed by atoms with Crippen LogP contribution in [-0.4, -0.2) is 11.6 Å². The molecular formula is C23H26O2. The van der Waals surface area contributed by atoms with Crippen molar-refractivity contribution >= 4 is 11.6 Å². The van der Waals surface area contributed by atoms with Crippen LogP contribution < -0.4 is 0 Å². The summed E-state index contributed by atoms with van der Waals surface area (Å²) in [5.74, 6) is 0.977. The third-order valence-electron chi connectivity index (χ3n) is 5.28. The Bertz CT molecular complexity index is 746. The summed E-state index contributed by atoms with van der Waals surface area (Å²) in [5.41, 5.74) is 4.61. The Morgan fingerprint density at radius 2 is 1.76 bits per heavy atom. The SMILES string of the molecule is C[C@@H](CCC(=O)c1ccc2c(c1)CCCC(=O)CC2)c1ccccc1. The minimum Gasteiger partial charge on any atom is -0.300 e. The molecule has 0 spiro atoms. The van der Waals surface area contributed by atoms with Crippen LogP contribution in [0.1, 0.15) is 72.0 Å². The van der Waals surface area contributed by atoms with Crippen LogP contribution in [-0.2, 0) is 17.6 Å². The Labute approximate surface area is 150 Å². The van der Waals surface area contributed by atoms with Crippen molar-refractivity contribution in [1.82, 2.24) is 0 Å². The van der Waals surface area contributed by atoms with E-state index in [1.807, 2.05) is 24.3 Å². The van der Waals surface area contributed by atoms with Crippen molar-refractivity contribution in [2.45, 2.75) is 57.8 Å². The second-order valence-electron chi connectivity index (χ2n) is 7.15. The maximum absolute atomic E-state index is 12.6. The molecule has 2 aromatic carbocycles. The minimum absolute atomic E-state index is 0.226. The monoisotopic (exact) mass is 334 g/mol. The van der Waals surface area contributed by atoms with E-state index in [-0.39, 0.29) is 5.78 Å². The van der Waals surface area contributed by atoms with Gasteiger partial charge >= 0.3 is 0 Å². The van der Waals surface area contributed by atoms with Gasteiger partial charge < -0.3 is 0 Å². The molecule has 2 aromatic rings. The normalized spacial score (nSPS) is 15.8. The van der Waals surface area contributed by atoms with Gasteiger partial charge in [-0.1, -0.05) is 49.4 Å². The van der Waals surface area contributed by atoms with Crippen LogP contribution in [0.3, 0.4) is 0 Å². The third-order valence-corrected chi connectivity index (χ3v) is 5.28. The maximum atomic E-state index is 12.6. The van der Waals surface area contributed by atoms with E-state index in [0.717, 1.165) is 31.2 Å². The zero-order chi connectivity index (χ0) is 17.6. The van der Waals surface area contributed by atoms with Crippen LogP contribution in [0.15, 0.2) is 48.5 Å². The molecule has 0 radical (unpaired) electrons. The van der Waals surface area contributed by atoms with Crippen LogP contribution in [0.5, 0.6) is 0 Å². The summed E-state index contributed by atoms with van der Waals surface area (Å²) in [7, 11) is 0. The highest BCUT2D eigenvalue weighted by atomic mass is 16.1.